The number of carboxylic acid groups (broad SMARTS) is 1. The number of hydrogen-bond acceptors (Lipinski definition) is 3. The third-order valence-corrected chi connectivity index (χ3v) is 3.76. The molecule has 1 unspecified atom stereocenters. The Balaban J connectivity index is 1.96. The fourth-order valence-corrected chi connectivity index (χ4v) is 2.44. The molecule has 1 atom stereocenters. The van der Waals surface area contributed by atoms with E-state index in [9.17, 15) is 14.7 Å². The van der Waals surface area contributed by atoms with E-state index in [2.05, 4.69) is 5.10 Å². The third-order valence-electron chi connectivity index (χ3n) is 3.76. The van der Waals surface area contributed by atoms with Crippen LogP contribution in [0.1, 0.15) is 18.9 Å². The molecule has 2 amide bonds. The van der Waals surface area contributed by atoms with E-state index in [1.165, 1.54) is 0 Å². The fourth-order valence-electron chi connectivity index (χ4n) is 2.44. The van der Waals surface area contributed by atoms with E-state index in [0.29, 0.717) is 19.5 Å². The highest BCUT2D eigenvalue weighted by molar-refractivity contribution is 5.79. The van der Waals surface area contributed by atoms with E-state index in [-0.39, 0.29) is 12.6 Å². The highest BCUT2D eigenvalue weighted by Crippen LogP contribution is 2.30. The van der Waals surface area contributed by atoms with Crippen LogP contribution in [-0.2, 0) is 18.4 Å². The van der Waals surface area contributed by atoms with E-state index >= 15 is 0 Å². The topological polar surface area (TPSA) is 78.7 Å². The van der Waals surface area contributed by atoms with Crippen molar-refractivity contribution in [1.82, 2.24) is 19.6 Å². The Morgan fingerprint density at radius 3 is 2.75 bits per heavy atom. The first-order chi connectivity index (χ1) is 9.32. The summed E-state index contributed by atoms with van der Waals surface area (Å²) in [4.78, 5) is 26.7. The summed E-state index contributed by atoms with van der Waals surface area (Å²) in [6.07, 6.45) is 4.07. The monoisotopic (exact) mass is 280 g/mol. The lowest BCUT2D eigenvalue weighted by Crippen LogP contribution is -2.41. The van der Waals surface area contributed by atoms with Crippen LogP contribution in [0.25, 0.3) is 0 Å². The average Bonchev–Trinajstić information content (AvgIpc) is 2.96. The van der Waals surface area contributed by atoms with Crippen LogP contribution in [0, 0.1) is 5.41 Å². The molecule has 1 N–H and O–H groups in total. The van der Waals surface area contributed by atoms with Crippen LogP contribution in [0.2, 0.25) is 0 Å². The number of amides is 2. The van der Waals surface area contributed by atoms with Crippen molar-refractivity contribution >= 4 is 12.0 Å². The second-order valence-corrected chi connectivity index (χ2v) is 5.70. The minimum absolute atomic E-state index is 0.140. The fraction of sp³-hybridized carbons (Fsp3) is 0.615. The summed E-state index contributed by atoms with van der Waals surface area (Å²) in [5.74, 6) is -0.845. The number of hydrogen-bond donors (Lipinski definition) is 1. The standard InChI is InChI=1S/C13H20N4O3/c1-13(11(18)19)4-5-17(9-13)12(20)15(2)7-10-6-14-16(3)8-10/h6,8H,4-5,7,9H2,1-3H3,(H,18,19). The number of carbonyl (C=O) groups excluding carboxylic acids is 1. The predicted octanol–water partition coefficient (Wildman–Crippen LogP) is 0.769. The van der Waals surface area contributed by atoms with Crippen molar-refractivity contribution in [1.29, 1.82) is 0 Å². The molecule has 2 rings (SSSR count). The first-order valence-electron chi connectivity index (χ1n) is 6.53. The molecule has 20 heavy (non-hydrogen) atoms. The zero-order chi connectivity index (χ0) is 14.9. The Bertz CT molecular complexity index is 527. The molecule has 2 heterocycles. The molecule has 0 radical (unpaired) electrons. The molecule has 0 saturated carbocycles. The Labute approximate surface area is 117 Å². The zero-order valence-electron chi connectivity index (χ0n) is 12.0. The Hall–Kier alpha value is -2.05. The predicted molar refractivity (Wildman–Crippen MR) is 72.0 cm³/mol. The van der Waals surface area contributed by atoms with Crippen LogP contribution in [0.4, 0.5) is 4.79 Å². The normalized spacial score (nSPS) is 22.1. The number of rotatable bonds is 3. The van der Waals surface area contributed by atoms with Gasteiger partial charge in [0, 0.05) is 38.9 Å². The van der Waals surface area contributed by atoms with Gasteiger partial charge in [-0.2, -0.15) is 5.10 Å². The van der Waals surface area contributed by atoms with Gasteiger partial charge in [0.25, 0.3) is 0 Å². The smallest absolute Gasteiger partial charge is 0.320 e. The summed E-state index contributed by atoms with van der Waals surface area (Å²) in [5, 5.41) is 13.2. The van der Waals surface area contributed by atoms with Crippen molar-refractivity contribution in [3.05, 3.63) is 18.0 Å². The van der Waals surface area contributed by atoms with Gasteiger partial charge < -0.3 is 14.9 Å². The maximum Gasteiger partial charge on any atom is 0.320 e. The van der Waals surface area contributed by atoms with Gasteiger partial charge in [-0.3, -0.25) is 9.48 Å². The molecule has 7 nitrogen and oxygen atoms in total. The van der Waals surface area contributed by atoms with Crippen LogP contribution >= 0.6 is 0 Å². The SMILES string of the molecule is CN(Cc1cnn(C)c1)C(=O)N1CCC(C)(C(=O)O)C1. The molecule has 7 heteroatoms. The lowest BCUT2D eigenvalue weighted by atomic mass is 9.90. The summed E-state index contributed by atoms with van der Waals surface area (Å²) >= 11 is 0. The van der Waals surface area contributed by atoms with Crippen molar-refractivity contribution < 1.29 is 14.7 Å². The van der Waals surface area contributed by atoms with Crippen LogP contribution in [-0.4, -0.2) is 56.8 Å². The lowest BCUT2D eigenvalue weighted by molar-refractivity contribution is -0.147. The van der Waals surface area contributed by atoms with Crippen molar-refractivity contribution in [2.45, 2.75) is 19.9 Å². The molecule has 1 aromatic heterocycles. The second kappa shape index (κ2) is 5.15. The molecular formula is C13H20N4O3. The van der Waals surface area contributed by atoms with Crippen molar-refractivity contribution in [2.75, 3.05) is 20.1 Å². The number of aryl methyl sites for hydroxylation is 1. The number of likely N-dealkylation sites (tertiary alicyclic amines) is 1. The van der Waals surface area contributed by atoms with Gasteiger partial charge in [-0.1, -0.05) is 0 Å². The molecule has 0 aliphatic carbocycles. The van der Waals surface area contributed by atoms with Crippen LogP contribution in [0.3, 0.4) is 0 Å². The van der Waals surface area contributed by atoms with Gasteiger partial charge in [0.2, 0.25) is 0 Å². The summed E-state index contributed by atoms with van der Waals surface area (Å²) in [5.41, 5.74) is 0.119. The number of carbonyl (C=O) groups is 2. The van der Waals surface area contributed by atoms with Gasteiger partial charge in [0.05, 0.1) is 18.2 Å². The maximum absolute atomic E-state index is 12.3. The minimum Gasteiger partial charge on any atom is -0.481 e. The van der Waals surface area contributed by atoms with Gasteiger partial charge in [0.15, 0.2) is 0 Å². The third kappa shape index (κ3) is 2.76. The Morgan fingerprint density at radius 1 is 1.55 bits per heavy atom. The number of urea groups is 1. The molecule has 1 saturated heterocycles. The zero-order valence-corrected chi connectivity index (χ0v) is 12.0. The minimum atomic E-state index is -0.845. The van der Waals surface area contributed by atoms with E-state index in [1.54, 1.807) is 34.6 Å². The van der Waals surface area contributed by atoms with Crippen LogP contribution < -0.4 is 0 Å². The van der Waals surface area contributed by atoms with Crippen molar-refractivity contribution in [3.63, 3.8) is 0 Å². The number of carboxylic acids is 1. The van der Waals surface area contributed by atoms with Crippen LogP contribution in [0.15, 0.2) is 12.4 Å². The van der Waals surface area contributed by atoms with Gasteiger partial charge in [0.1, 0.15) is 0 Å². The summed E-state index contributed by atoms with van der Waals surface area (Å²) in [7, 11) is 3.54. The summed E-state index contributed by atoms with van der Waals surface area (Å²) in [6.45, 7) is 2.90. The number of aliphatic carboxylic acids is 1. The number of aromatic nitrogens is 2. The summed E-state index contributed by atoms with van der Waals surface area (Å²) in [6, 6.07) is -0.140. The van der Waals surface area contributed by atoms with Crippen molar-refractivity contribution in [2.24, 2.45) is 12.5 Å². The molecule has 0 aromatic carbocycles. The first kappa shape index (κ1) is 14.4. The van der Waals surface area contributed by atoms with E-state index in [0.717, 1.165) is 5.56 Å². The second-order valence-electron chi connectivity index (χ2n) is 5.70. The Kier molecular flexibility index (Phi) is 3.69. The lowest BCUT2D eigenvalue weighted by Gasteiger charge is -2.25. The first-order valence-corrected chi connectivity index (χ1v) is 6.53. The highest BCUT2D eigenvalue weighted by Gasteiger charge is 2.42. The van der Waals surface area contributed by atoms with E-state index in [4.69, 9.17) is 0 Å². The highest BCUT2D eigenvalue weighted by atomic mass is 16.4. The maximum atomic E-state index is 12.3. The van der Waals surface area contributed by atoms with Gasteiger partial charge >= 0.3 is 12.0 Å². The molecular weight excluding hydrogens is 260 g/mol. The summed E-state index contributed by atoms with van der Waals surface area (Å²) < 4.78 is 1.69. The molecule has 1 aromatic rings. The van der Waals surface area contributed by atoms with E-state index < -0.39 is 11.4 Å². The molecule has 0 spiro atoms. The number of nitrogens with zero attached hydrogens (tertiary/aromatic N) is 4. The van der Waals surface area contributed by atoms with E-state index in [1.807, 2.05) is 13.2 Å². The molecule has 110 valence electrons. The molecule has 1 fully saturated rings. The van der Waals surface area contributed by atoms with Crippen LogP contribution in [0.5, 0.6) is 0 Å². The van der Waals surface area contributed by atoms with Gasteiger partial charge in [-0.25, -0.2) is 4.79 Å². The Morgan fingerprint density at radius 2 is 2.25 bits per heavy atom. The van der Waals surface area contributed by atoms with Crippen molar-refractivity contribution in [3.8, 4) is 0 Å². The molecule has 0 bridgehead atoms. The van der Waals surface area contributed by atoms with Gasteiger partial charge in [-0.05, 0) is 13.3 Å². The average molecular weight is 280 g/mol. The molecule has 1 aliphatic rings. The molecule has 1 aliphatic heterocycles. The quantitative estimate of drug-likeness (QED) is 0.887. The largest absolute Gasteiger partial charge is 0.481 e. The van der Waals surface area contributed by atoms with Gasteiger partial charge in [-0.15, -0.1) is 0 Å².